The minimum atomic E-state index is -0.955. The van der Waals surface area contributed by atoms with Crippen LogP contribution in [0, 0.1) is 6.92 Å². The van der Waals surface area contributed by atoms with E-state index in [2.05, 4.69) is 5.43 Å². The van der Waals surface area contributed by atoms with Gasteiger partial charge in [-0.05, 0) is 48.5 Å². The number of ether oxygens (including phenoxy) is 2. The van der Waals surface area contributed by atoms with Gasteiger partial charge in [-0.1, -0.05) is 0 Å². The maximum atomic E-state index is 12.8. The van der Waals surface area contributed by atoms with Gasteiger partial charge in [-0.25, -0.2) is 20.0 Å². The molecule has 0 aliphatic heterocycles. The van der Waals surface area contributed by atoms with Gasteiger partial charge in [0.2, 0.25) is 0 Å². The monoisotopic (exact) mass is 426 g/mol. The van der Waals surface area contributed by atoms with E-state index in [-0.39, 0.29) is 5.56 Å². The van der Waals surface area contributed by atoms with Crippen molar-refractivity contribution >= 4 is 18.0 Å². The summed E-state index contributed by atoms with van der Waals surface area (Å²) in [6, 6.07) is 0. The van der Waals surface area contributed by atoms with Crippen LogP contribution in [-0.4, -0.2) is 49.9 Å². The Labute approximate surface area is 174 Å². The highest BCUT2D eigenvalue weighted by Gasteiger charge is 2.26. The number of carbonyl (C=O) groups excluding carboxylic acids is 3. The van der Waals surface area contributed by atoms with E-state index < -0.39 is 53.5 Å². The minimum absolute atomic E-state index is 0.253. The quantitative estimate of drug-likeness (QED) is 0.547. The standard InChI is InChI=1S/C19H30N4O7/c1-12-9-22(17(28)21(8)15(12)26)10-13(24)23(11-14(25)29-18(2,3)4)20-16(27)30-19(5,6)7/h9H,10-11H2,1-8H3,(H,20,27). The van der Waals surface area contributed by atoms with Crippen molar-refractivity contribution in [3.8, 4) is 0 Å². The highest BCUT2D eigenvalue weighted by Crippen LogP contribution is 2.09. The van der Waals surface area contributed by atoms with Gasteiger partial charge in [0, 0.05) is 18.8 Å². The number of esters is 1. The summed E-state index contributed by atoms with van der Waals surface area (Å²) in [6.07, 6.45) is 0.283. The zero-order chi connectivity index (χ0) is 23.4. The number of nitrogens with zero attached hydrogens (tertiary/aromatic N) is 3. The summed E-state index contributed by atoms with van der Waals surface area (Å²) in [5.74, 6) is -1.55. The van der Waals surface area contributed by atoms with E-state index in [1.54, 1.807) is 41.5 Å². The van der Waals surface area contributed by atoms with Crippen molar-refractivity contribution in [1.29, 1.82) is 0 Å². The highest BCUT2D eigenvalue weighted by atomic mass is 16.6. The van der Waals surface area contributed by atoms with Crippen molar-refractivity contribution in [2.45, 2.75) is 66.2 Å². The van der Waals surface area contributed by atoms with Crippen molar-refractivity contribution in [3.05, 3.63) is 32.6 Å². The molecule has 0 spiro atoms. The molecular formula is C19H30N4O7. The van der Waals surface area contributed by atoms with E-state index >= 15 is 0 Å². The first-order valence-corrected chi connectivity index (χ1v) is 9.29. The Balaban J connectivity index is 3.12. The molecule has 0 aromatic carbocycles. The van der Waals surface area contributed by atoms with Gasteiger partial charge < -0.3 is 9.47 Å². The number of rotatable bonds is 4. The Kier molecular flexibility index (Phi) is 7.59. The van der Waals surface area contributed by atoms with Crippen LogP contribution < -0.4 is 16.7 Å². The molecule has 11 heteroatoms. The summed E-state index contributed by atoms with van der Waals surface area (Å²) >= 11 is 0. The van der Waals surface area contributed by atoms with Gasteiger partial charge in [0.1, 0.15) is 24.3 Å². The van der Waals surface area contributed by atoms with Crippen LogP contribution in [0.15, 0.2) is 15.8 Å². The van der Waals surface area contributed by atoms with Crippen LogP contribution in [0.3, 0.4) is 0 Å². The number of hydrogen-bond donors (Lipinski definition) is 1. The average Bonchev–Trinajstić information content (AvgIpc) is 2.53. The molecule has 0 fully saturated rings. The first kappa shape index (κ1) is 24.9. The van der Waals surface area contributed by atoms with Crippen molar-refractivity contribution in [1.82, 2.24) is 19.6 Å². The zero-order valence-corrected chi connectivity index (χ0v) is 18.7. The molecule has 168 valence electrons. The second-order valence-corrected chi connectivity index (χ2v) is 8.77. The fraction of sp³-hybridized carbons (Fsp3) is 0.632. The zero-order valence-electron chi connectivity index (χ0n) is 18.7. The summed E-state index contributed by atoms with van der Waals surface area (Å²) in [4.78, 5) is 61.2. The van der Waals surface area contributed by atoms with Crippen LogP contribution in [0.2, 0.25) is 0 Å². The molecule has 0 saturated carbocycles. The molecule has 0 bridgehead atoms. The van der Waals surface area contributed by atoms with Crippen LogP contribution in [-0.2, 0) is 32.7 Å². The number of hydrazine groups is 1. The van der Waals surface area contributed by atoms with E-state index in [4.69, 9.17) is 9.47 Å². The summed E-state index contributed by atoms with van der Waals surface area (Å²) in [5.41, 5.74) is -0.377. The molecule has 1 rings (SSSR count). The first-order valence-electron chi connectivity index (χ1n) is 9.29. The highest BCUT2D eigenvalue weighted by molar-refractivity contribution is 5.84. The number of amides is 2. The molecule has 1 heterocycles. The van der Waals surface area contributed by atoms with Gasteiger partial charge >= 0.3 is 17.8 Å². The topological polar surface area (TPSA) is 129 Å². The molecular weight excluding hydrogens is 396 g/mol. The van der Waals surface area contributed by atoms with Gasteiger partial charge in [0.05, 0.1) is 0 Å². The van der Waals surface area contributed by atoms with Crippen LogP contribution in [0.1, 0.15) is 47.1 Å². The Bertz CT molecular complexity index is 902. The average molecular weight is 426 g/mol. The van der Waals surface area contributed by atoms with Crippen LogP contribution in [0.5, 0.6) is 0 Å². The second kappa shape index (κ2) is 9.14. The molecule has 1 aromatic rings. The van der Waals surface area contributed by atoms with E-state index in [1.807, 2.05) is 0 Å². The van der Waals surface area contributed by atoms with E-state index in [0.29, 0.717) is 0 Å². The predicted octanol–water partition coefficient (Wildman–Crippen LogP) is 0.465. The molecule has 0 aliphatic carbocycles. The number of aromatic nitrogens is 2. The normalized spacial score (nSPS) is 11.6. The lowest BCUT2D eigenvalue weighted by atomic mass is 10.2. The van der Waals surface area contributed by atoms with E-state index in [0.717, 1.165) is 14.1 Å². The summed E-state index contributed by atoms with van der Waals surface area (Å²) in [5, 5.41) is 0.717. The molecule has 0 aliphatic rings. The third kappa shape index (κ3) is 7.72. The van der Waals surface area contributed by atoms with E-state index in [1.165, 1.54) is 20.2 Å². The summed E-state index contributed by atoms with van der Waals surface area (Å²) < 4.78 is 12.2. The third-order valence-corrected chi connectivity index (χ3v) is 3.46. The van der Waals surface area contributed by atoms with Crippen molar-refractivity contribution in [2.75, 3.05) is 6.54 Å². The van der Waals surface area contributed by atoms with Crippen molar-refractivity contribution in [2.24, 2.45) is 7.05 Å². The third-order valence-electron chi connectivity index (χ3n) is 3.46. The number of nitrogens with one attached hydrogen (secondary N) is 1. The van der Waals surface area contributed by atoms with Crippen molar-refractivity contribution in [3.63, 3.8) is 0 Å². The van der Waals surface area contributed by atoms with Gasteiger partial charge in [-0.2, -0.15) is 0 Å². The maximum absolute atomic E-state index is 12.8. The largest absolute Gasteiger partial charge is 0.459 e. The van der Waals surface area contributed by atoms with Crippen LogP contribution >= 0.6 is 0 Å². The van der Waals surface area contributed by atoms with Crippen molar-refractivity contribution < 1.29 is 23.9 Å². The fourth-order valence-electron chi connectivity index (χ4n) is 2.34. The lowest BCUT2D eigenvalue weighted by Crippen LogP contribution is -2.52. The SMILES string of the molecule is Cc1cn(CC(=O)N(CC(=O)OC(C)(C)C)NC(=O)OC(C)(C)C)c(=O)n(C)c1=O. The fourth-order valence-corrected chi connectivity index (χ4v) is 2.34. The van der Waals surface area contributed by atoms with Gasteiger partial charge in [-0.15, -0.1) is 0 Å². The molecule has 0 unspecified atom stereocenters. The Morgan fingerprint density at radius 1 is 1.03 bits per heavy atom. The van der Waals surface area contributed by atoms with Gasteiger partial charge in [-0.3, -0.25) is 23.5 Å². The first-order chi connectivity index (χ1) is 13.5. The second-order valence-electron chi connectivity index (χ2n) is 8.77. The summed E-state index contributed by atoms with van der Waals surface area (Å²) in [7, 11) is 1.29. The Hall–Kier alpha value is -3.11. The predicted molar refractivity (Wildman–Crippen MR) is 108 cm³/mol. The van der Waals surface area contributed by atoms with Gasteiger partial charge in [0.25, 0.3) is 11.5 Å². The Morgan fingerprint density at radius 3 is 2.07 bits per heavy atom. The van der Waals surface area contributed by atoms with E-state index in [9.17, 15) is 24.0 Å². The molecule has 0 saturated heterocycles. The summed E-state index contributed by atoms with van der Waals surface area (Å²) in [6.45, 7) is 10.3. The molecule has 1 aromatic heterocycles. The van der Waals surface area contributed by atoms with Crippen LogP contribution in [0.4, 0.5) is 4.79 Å². The number of carbonyl (C=O) groups is 3. The van der Waals surface area contributed by atoms with Crippen LogP contribution in [0.25, 0.3) is 0 Å². The maximum Gasteiger partial charge on any atom is 0.426 e. The molecule has 11 nitrogen and oxygen atoms in total. The lowest BCUT2D eigenvalue weighted by molar-refractivity contribution is -0.160. The lowest BCUT2D eigenvalue weighted by Gasteiger charge is -2.27. The van der Waals surface area contributed by atoms with Gasteiger partial charge in [0.15, 0.2) is 0 Å². The smallest absolute Gasteiger partial charge is 0.426 e. The minimum Gasteiger partial charge on any atom is -0.459 e. The number of aryl methyl sites for hydroxylation is 1. The molecule has 2 amide bonds. The molecule has 30 heavy (non-hydrogen) atoms. The molecule has 0 radical (unpaired) electrons. The molecule has 1 N–H and O–H groups in total. The number of hydrogen-bond acceptors (Lipinski definition) is 7. The molecule has 0 atom stereocenters. The Morgan fingerprint density at radius 2 is 1.57 bits per heavy atom.